The molecule has 0 aliphatic carbocycles. The summed E-state index contributed by atoms with van der Waals surface area (Å²) in [6.45, 7) is 0. The van der Waals surface area contributed by atoms with Crippen molar-refractivity contribution < 1.29 is 9.90 Å². The van der Waals surface area contributed by atoms with Crippen LogP contribution in [0.4, 0.5) is 0 Å². The van der Waals surface area contributed by atoms with Gasteiger partial charge in [0.15, 0.2) is 0 Å². The first-order valence-electron chi connectivity index (χ1n) is 6.15. The van der Waals surface area contributed by atoms with Crippen LogP contribution in [-0.4, -0.2) is 40.6 Å². The van der Waals surface area contributed by atoms with E-state index >= 15 is 0 Å². The van der Waals surface area contributed by atoms with Crippen molar-refractivity contribution in [3.8, 4) is 0 Å². The van der Waals surface area contributed by atoms with Crippen LogP contribution in [0.2, 0.25) is 0 Å². The van der Waals surface area contributed by atoms with Gasteiger partial charge < -0.3 is 5.11 Å². The standard InChI is InChI=1S/C17H10O2.Na.H/c18-17(19)14-9-7-12-5-4-10-2-1-3-11-6-8-13(14)16(12)15(10)11;;/h1-9H,(H,18,19);;. The van der Waals surface area contributed by atoms with Crippen LogP contribution in [0.1, 0.15) is 10.4 Å². The summed E-state index contributed by atoms with van der Waals surface area (Å²) in [6.07, 6.45) is 0. The molecule has 20 heavy (non-hydrogen) atoms. The van der Waals surface area contributed by atoms with Gasteiger partial charge in [0.1, 0.15) is 0 Å². The van der Waals surface area contributed by atoms with Crippen molar-refractivity contribution in [3.63, 3.8) is 0 Å². The molecule has 0 aliphatic heterocycles. The van der Waals surface area contributed by atoms with Gasteiger partial charge in [-0.15, -0.1) is 0 Å². The molecule has 4 aromatic carbocycles. The Bertz CT molecular complexity index is 928. The maximum atomic E-state index is 11.3. The molecule has 0 fully saturated rings. The summed E-state index contributed by atoms with van der Waals surface area (Å²) >= 11 is 0. The van der Waals surface area contributed by atoms with E-state index in [0.29, 0.717) is 5.56 Å². The zero-order valence-corrected chi connectivity index (χ0v) is 10.1. The third-order valence-corrected chi connectivity index (χ3v) is 3.76. The molecule has 0 unspecified atom stereocenters. The molecule has 3 heteroatoms. The van der Waals surface area contributed by atoms with E-state index in [-0.39, 0.29) is 29.6 Å². The van der Waals surface area contributed by atoms with E-state index in [4.69, 9.17) is 0 Å². The van der Waals surface area contributed by atoms with Crippen molar-refractivity contribution in [2.45, 2.75) is 0 Å². The Morgan fingerprint density at radius 2 is 1.30 bits per heavy atom. The van der Waals surface area contributed by atoms with Gasteiger partial charge in [-0.3, -0.25) is 0 Å². The molecular formula is C17H11NaO2. The summed E-state index contributed by atoms with van der Waals surface area (Å²) in [6, 6.07) is 17.8. The Balaban J connectivity index is 0.00000121. The van der Waals surface area contributed by atoms with E-state index in [1.807, 2.05) is 24.3 Å². The number of carboxylic acid groups (broad SMARTS) is 1. The van der Waals surface area contributed by atoms with Crippen LogP contribution in [0.25, 0.3) is 32.3 Å². The zero-order chi connectivity index (χ0) is 13.0. The Morgan fingerprint density at radius 3 is 1.95 bits per heavy atom. The average molecular weight is 270 g/mol. The molecule has 4 rings (SSSR count). The number of rotatable bonds is 1. The molecule has 92 valence electrons. The first-order chi connectivity index (χ1) is 9.25. The van der Waals surface area contributed by atoms with Gasteiger partial charge in [0, 0.05) is 0 Å². The van der Waals surface area contributed by atoms with Crippen molar-refractivity contribution in [3.05, 3.63) is 60.2 Å². The average Bonchev–Trinajstić information content (AvgIpc) is 2.44. The summed E-state index contributed by atoms with van der Waals surface area (Å²) in [4.78, 5) is 11.3. The van der Waals surface area contributed by atoms with Gasteiger partial charge >= 0.3 is 35.5 Å². The number of hydrogen-bond acceptors (Lipinski definition) is 1. The van der Waals surface area contributed by atoms with Gasteiger partial charge in [-0.1, -0.05) is 48.5 Å². The van der Waals surface area contributed by atoms with Crippen LogP contribution in [0.15, 0.2) is 54.6 Å². The van der Waals surface area contributed by atoms with E-state index < -0.39 is 5.97 Å². The Kier molecular flexibility index (Phi) is 3.17. The van der Waals surface area contributed by atoms with E-state index in [0.717, 1.165) is 32.3 Å². The van der Waals surface area contributed by atoms with Crippen molar-refractivity contribution in [2.75, 3.05) is 0 Å². The summed E-state index contributed by atoms with van der Waals surface area (Å²) in [5, 5.41) is 15.7. The predicted octanol–water partition coefficient (Wildman–Crippen LogP) is 3.63. The van der Waals surface area contributed by atoms with Crippen LogP contribution < -0.4 is 0 Å². The fourth-order valence-electron chi connectivity index (χ4n) is 2.92. The van der Waals surface area contributed by atoms with Gasteiger partial charge in [-0.05, 0) is 38.4 Å². The minimum absolute atomic E-state index is 0. The van der Waals surface area contributed by atoms with Crippen LogP contribution >= 0.6 is 0 Å². The van der Waals surface area contributed by atoms with Gasteiger partial charge in [0.05, 0.1) is 5.56 Å². The summed E-state index contributed by atoms with van der Waals surface area (Å²) in [5.41, 5.74) is 0.366. The molecule has 0 amide bonds. The molecular weight excluding hydrogens is 259 g/mol. The summed E-state index contributed by atoms with van der Waals surface area (Å²) < 4.78 is 0. The third kappa shape index (κ3) is 1.73. The molecule has 0 saturated heterocycles. The number of carboxylic acids is 1. The number of carbonyl (C=O) groups is 1. The van der Waals surface area contributed by atoms with E-state index in [1.54, 1.807) is 6.07 Å². The number of hydrogen-bond donors (Lipinski definition) is 1. The number of aromatic carboxylic acids is 1. The van der Waals surface area contributed by atoms with Crippen LogP contribution in [-0.2, 0) is 0 Å². The van der Waals surface area contributed by atoms with Gasteiger partial charge in [-0.2, -0.15) is 0 Å². The summed E-state index contributed by atoms with van der Waals surface area (Å²) in [7, 11) is 0. The fourth-order valence-corrected chi connectivity index (χ4v) is 2.92. The predicted molar refractivity (Wildman–Crippen MR) is 84.3 cm³/mol. The van der Waals surface area contributed by atoms with Crippen molar-refractivity contribution in [1.82, 2.24) is 0 Å². The Labute approximate surface area is 137 Å². The van der Waals surface area contributed by atoms with E-state index in [9.17, 15) is 9.90 Å². The molecule has 0 atom stereocenters. The van der Waals surface area contributed by atoms with Crippen LogP contribution in [0.3, 0.4) is 0 Å². The van der Waals surface area contributed by atoms with Crippen molar-refractivity contribution >= 4 is 67.8 Å². The fraction of sp³-hybridized carbons (Fsp3) is 0. The van der Waals surface area contributed by atoms with E-state index in [1.165, 1.54) is 0 Å². The quantitative estimate of drug-likeness (QED) is 0.423. The van der Waals surface area contributed by atoms with E-state index in [2.05, 4.69) is 24.3 Å². The van der Waals surface area contributed by atoms with Gasteiger partial charge in [0.25, 0.3) is 0 Å². The van der Waals surface area contributed by atoms with Gasteiger partial charge in [-0.25, -0.2) is 4.79 Å². The zero-order valence-electron chi connectivity index (χ0n) is 10.1. The molecule has 1 N–H and O–H groups in total. The Hall–Kier alpha value is -1.61. The second kappa shape index (κ2) is 4.74. The second-order valence-corrected chi connectivity index (χ2v) is 4.77. The van der Waals surface area contributed by atoms with Crippen molar-refractivity contribution in [2.24, 2.45) is 0 Å². The Morgan fingerprint density at radius 1 is 0.750 bits per heavy atom. The number of benzene rings is 4. The third-order valence-electron chi connectivity index (χ3n) is 3.76. The topological polar surface area (TPSA) is 37.3 Å². The summed E-state index contributed by atoms with van der Waals surface area (Å²) in [5.74, 6) is -0.877. The molecule has 0 bridgehead atoms. The molecule has 0 aromatic heterocycles. The first kappa shape index (κ1) is 13.4. The monoisotopic (exact) mass is 270 g/mol. The normalized spacial score (nSPS) is 11.0. The molecule has 0 radical (unpaired) electrons. The van der Waals surface area contributed by atoms with Crippen molar-refractivity contribution in [1.29, 1.82) is 0 Å². The maximum absolute atomic E-state index is 11.3. The molecule has 0 aliphatic rings. The molecule has 2 nitrogen and oxygen atoms in total. The molecule has 0 heterocycles. The first-order valence-corrected chi connectivity index (χ1v) is 6.15. The van der Waals surface area contributed by atoms with Crippen LogP contribution in [0.5, 0.6) is 0 Å². The molecule has 0 spiro atoms. The van der Waals surface area contributed by atoms with Gasteiger partial charge in [0.2, 0.25) is 0 Å². The van der Waals surface area contributed by atoms with Crippen LogP contribution in [0, 0.1) is 0 Å². The molecule has 0 saturated carbocycles. The molecule has 4 aromatic rings. The minimum atomic E-state index is -0.877. The second-order valence-electron chi connectivity index (χ2n) is 4.77. The SMILES string of the molecule is O=C(O)c1ccc2ccc3cccc4ccc1c2c34.[NaH].